The maximum absolute atomic E-state index is 9.39. The topological polar surface area (TPSA) is 57.5 Å². The highest BCUT2D eigenvalue weighted by atomic mass is 31.4. The molecule has 0 rings (SSSR count). The van der Waals surface area contributed by atoms with E-state index in [1.807, 2.05) is 0 Å². The molecule has 0 spiro atoms. The lowest BCUT2D eigenvalue weighted by atomic mass is 15.8. The van der Waals surface area contributed by atoms with Gasteiger partial charge >= 0.3 is 0 Å². The first kappa shape index (κ1) is 5.37. The SMILES string of the molecule is O=P(O)(O)[SiH3]. The molecule has 0 unspecified atom stereocenters. The van der Waals surface area contributed by atoms with Crippen molar-refractivity contribution < 1.29 is 14.4 Å². The maximum Gasteiger partial charge on any atom is 0.281 e. The van der Waals surface area contributed by atoms with Crippen LogP contribution in [0, 0.1) is 0 Å². The molecule has 0 amide bonds. The molecule has 0 saturated carbocycles. The third-order valence-corrected chi connectivity index (χ3v) is 0. The molecule has 0 atom stereocenters. The second-order valence-corrected chi connectivity index (χ2v) is 6.00. The van der Waals surface area contributed by atoms with Gasteiger partial charge in [0.15, 0.2) is 0 Å². The summed E-state index contributed by atoms with van der Waals surface area (Å²) < 4.78 is 9.39. The highest BCUT2D eigenvalue weighted by Crippen LogP contribution is 2.24. The van der Waals surface area contributed by atoms with Gasteiger partial charge in [0, 0.05) is 0 Å². The van der Waals surface area contributed by atoms with Crippen molar-refractivity contribution in [2.45, 2.75) is 0 Å². The Morgan fingerprint density at radius 2 is 1.60 bits per heavy atom. The summed E-state index contributed by atoms with van der Waals surface area (Å²) in [6, 6.07) is 0. The van der Waals surface area contributed by atoms with E-state index in [1.54, 1.807) is 0 Å². The summed E-state index contributed by atoms with van der Waals surface area (Å²) in [5, 5.41) is 0. The minimum Gasteiger partial charge on any atom is -0.329 e. The van der Waals surface area contributed by atoms with E-state index in [0.717, 1.165) is 0 Å². The molecule has 5 heavy (non-hydrogen) atoms. The largest absolute Gasteiger partial charge is 0.329 e. The molecule has 0 bridgehead atoms. The van der Waals surface area contributed by atoms with Crippen LogP contribution in [-0.4, -0.2) is 19.7 Å². The van der Waals surface area contributed by atoms with E-state index in [4.69, 9.17) is 9.79 Å². The Labute approximate surface area is 32.4 Å². The molecule has 0 aliphatic rings. The average Bonchev–Trinajstić information content (AvgIpc) is 0.722. The van der Waals surface area contributed by atoms with E-state index < -0.39 is 7.14 Å². The van der Waals surface area contributed by atoms with Gasteiger partial charge < -0.3 is 9.79 Å². The molecule has 0 aliphatic heterocycles. The third-order valence-electron chi connectivity index (χ3n) is 0. The van der Waals surface area contributed by atoms with Crippen molar-refractivity contribution in [3.05, 3.63) is 0 Å². The van der Waals surface area contributed by atoms with Crippen LogP contribution in [0.4, 0.5) is 0 Å². The lowest BCUT2D eigenvalue weighted by Crippen LogP contribution is -1.67. The highest BCUT2D eigenvalue weighted by molar-refractivity contribution is 7.77. The van der Waals surface area contributed by atoms with Crippen LogP contribution in [-0.2, 0) is 4.57 Å². The van der Waals surface area contributed by atoms with Gasteiger partial charge in [0.1, 0.15) is 9.91 Å². The van der Waals surface area contributed by atoms with Crippen molar-refractivity contribution in [1.82, 2.24) is 0 Å². The molecule has 0 saturated heterocycles. The van der Waals surface area contributed by atoms with E-state index in [-0.39, 0.29) is 9.91 Å². The Hall–Kier alpha value is 0.367. The van der Waals surface area contributed by atoms with Crippen molar-refractivity contribution in [3.63, 3.8) is 0 Å². The zero-order valence-corrected chi connectivity index (χ0v) is 5.64. The standard InChI is InChI=1S/H5O3PSi/c1-4(2,3)5/h5H3,(H2,1,2,3). The second-order valence-electron chi connectivity index (χ2n) is 0.835. The van der Waals surface area contributed by atoms with Gasteiger partial charge in [-0.1, -0.05) is 0 Å². The fourth-order valence-corrected chi connectivity index (χ4v) is 0. The Bertz CT molecular complexity index is 53.0. The Morgan fingerprint density at radius 3 is 1.60 bits per heavy atom. The summed E-state index contributed by atoms with van der Waals surface area (Å²) in [7, 11) is -3.53. The molecule has 0 radical (unpaired) electrons. The summed E-state index contributed by atoms with van der Waals surface area (Å²) in [6.07, 6.45) is 0. The van der Waals surface area contributed by atoms with Crippen molar-refractivity contribution >= 4 is 17.1 Å². The van der Waals surface area contributed by atoms with Crippen LogP contribution in [0.3, 0.4) is 0 Å². The van der Waals surface area contributed by atoms with Crippen LogP contribution in [0.5, 0.6) is 0 Å². The smallest absolute Gasteiger partial charge is 0.281 e. The molecule has 0 aromatic carbocycles. The molecule has 0 aromatic rings. The summed E-state index contributed by atoms with van der Waals surface area (Å²) in [5.41, 5.74) is 0. The van der Waals surface area contributed by atoms with Gasteiger partial charge in [-0.15, -0.1) is 0 Å². The van der Waals surface area contributed by atoms with E-state index in [9.17, 15) is 4.57 Å². The first-order valence-corrected chi connectivity index (χ1v) is 5.77. The Balaban J connectivity index is 3.47. The minimum atomic E-state index is -3.50. The van der Waals surface area contributed by atoms with Gasteiger partial charge in [0.05, 0.1) is 0 Å². The van der Waals surface area contributed by atoms with Gasteiger partial charge in [-0.2, -0.15) is 0 Å². The lowest BCUT2D eigenvalue weighted by molar-refractivity contribution is 0.395. The third kappa shape index (κ3) is 182. The van der Waals surface area contributed by atoms with Crippen LogP contribution in [0.2, 0.25) is 0 Å². The minimum absolute atomic E-state index is 0.0255. The van der Waals surface area contributed by atoms with Crippen molar-refractivity contribution in [1.29, 1.82) is 0 Å². The van der Waals surface area contributed by atoms with E-state index in [0.29, 0.717) is 0 Å². The summed E-state index contributed by atoms with van der Waals surface area (Å²) in [6.45, 7) is 0. The normalized spacial score (nSPS) is 12.4. The van der Waals surface area contributed by atoms with Crippen LogP contribution < -0.4 is 0 Å². The highest BCUT2D eigenvalue weighted by Gasteiger charge is 1.94. The van der Waals surface area contributed by atoms with E-state index in [1.165, 1.54) is 0 Å². The van der Waals surface area contributed by atoms with Crippen LogP contribution in [0.1, 0.15) is 0 Å². The first-order valence-electron chi connectivity index (χ1n) is 1.03. The molecule has 3 nitrogen and oxygen atoms in total. The zero-order valence-electron chi connectivity index (χ0n) is 2.75. The summed E-state index contributed by atoms with van der Waals surface area (Å²) >= 11 is 0. The average molecular weight is 112 g/mol. The van der Waals surface area contributed by atoms with Crippen molar-refractivity contribution in [2.75, 3.05) is 0 Å². The molecule has 2 N–H and O–H groups in total. The van der Waals surface area contributed by atoms with Crippen molar-refractivity contribution in [2.24, 2.45) is 0 Å². The molecule has 32 valence electrons. The van der Waals surface area contributed by atoms with Crippen LogP contribution in [0.15, 0.2) is 0 Å². The lowest BCUT2D eigenvalue weighted by Gasteiger charge is -1.85. The van der Waals surface area contributed by atoms with E-state index in [2.05, 4.69) is 0 Å². The maximum atomic E-state index is 9.39. The van der Waals surface area contributed by atoms with Crippen LogP contribution in [0.25, 0.3) is 0 Å². The molecule has 0 heterocycles. The monoisotopic (exact) mass is 112 g/mol. The van der Waals surface area contributed by atoms with Gasteiger partial charge in [-0.25, -0.2) is 0 Å². The molecule has 0 aromatic heterocycles. The van der Waals surface area contributed by atoms with Crippen molar-refractivity contribution in [3.8, 4) is 0 Å². The molecule has 0 aliphatic carbocycles. The molecular weight excluding hydrogens is 107 g/mol. The molecule has 5 heteroatoms. The molecule has 0 fully saturated rings. The fourth-order valence-electron chi connectivity index (χ4n) is 0. The van der Waals surface area contributed by atoms with Gasteiger partial charge in [-0.05, 0) is 0 Å². The van der Waals surface area contributed by atoms with Gasteiger partial charge in [-0.3, -0.25) is 4.57 Å². The first-order chi connectivity index (χ1) is 2.00. The van der Waals surface area contributed by atoms with E-state index >= 15 is 0 Å². The second kappa shape index (κ2) is 1.22. The van der Waals surface area contributed by atoms with Gasteiger partial charge in [0.2, 0.25) is 0 Å². The molecular formula is H5O3PSi. The summed E-state index contributed by atoms with van der Waals surface area (Å²) in [4.78, 5) is 15.4. The predicted molar refractivity (Wildman–Crippen MR) is 22.0 cm³/mol. The summed E-state index contributed by atoms with van der Waals surface area (Å²) in [5.74, 6) is 0. The number of hydrogen-bond acceptors (Lipinski definition) is 1. The number of hydrogen-bond donors (Lipinski definition) is 2. The number of rotatable bonds is 0. The Kier molecular flexibility index (Phi) is 1.31. The fraction of sp³-hybridized carbons (Fsp3) is 0. The van der Waals surface area contributed by atoms with Gasteiger partial charge in [0.25, 0.3) is 7.14 Å². The zero-order chi connectivity index (χ0) is 4.50. The van der Waals surface area contributed by atoms with Crippen LogP contribution >= 0.6 is 7.14 Å². The quantitative estimate of drug-likeness (QED) is 0.294. The Morgan fingerprint density at radius 1 is 1.60 bits per heavy atom. The predicted octanol–water partition coefficient (Wildman–Crippen LogP) is -1.56.